The number of benzene rings is 2. The molecular formula is C35H46N6O5. The Kier molecular flexibility index (Phi) is 10.2. The minimum absolute atomic E-state index is 0.0189. The Hall–Kier alpha value is -3.96. The summed E-state index contributed by atoms with van der Waals surface area (Å²) in [5.41, 5.74) is 2.34. The highest BCUT2D eigenvalue weighted by Crippen LogP contribution is 2.29. The number of carbonyl (C=O) groups excluding carboxylic acids is 4. The standard InChI is InChI=1S/C35H46N6O5/c1-46-28-11-9-24(10-12-28)34(44)37-30(33(43)31-8-4-5-19-40(31)26-13-17-36-18-14-26)22-32(42)39-20-15-27(16-21-39)41-23-25-6-2-3-7-29(25)38-35(41)45/h2-3,6-7,9-12,26-27,30-31,36H,4-5,8,13-23H2,1H3,(H,37,44)(H,38,45). The Balaban J connectivity index is 1.13. The molecule has 11 heteroatoms. The third-order valence-electron chi connectivity index (χ3n) is 10.1. The Labute approximate surface area is 271 Å². The van der Waals surface area contributed by atoms with Gasteiger partial charge in [0.25, 0.3) is 5.91 Å². The average Bonchev–Trinajstić information content (AvgIpc) is 3.11. The van der Waals surface area contributed by atoms with Crippen LogP contribution in [0.2, 0.25) is 0 Å². The smallest absolute Gasteiger partial charge is 0.322 e. The lowest BCUT2D eigenvalue weighted by Gasteiger charge is -2.43. The van der Waals surface area contributed by atoms with E-state index in [4.69, 9.17) is 4.74 Å². The second-order valence-corrected chi connectivity index (χ2v) is 12.9. The number of anilines is 1. The van der Waals surface area contributed by atoms with Gasteiger partial charge in [-0.1, -0.05) is 24.6 Å². The molecule has 6 rings (SSSR count). The monoisotopic (exact) mass is 630 g/mol. The van der Waals surface area contributed by atoms with E-state index < -0.39 is 6.04 Å². The van der Waals surface area contributed by atoms with Crippen LogP contribution in [0.1, 0.15) is 67.3 Å². The normalized spacial score (nSPS) is 22.0. The molecule has 0 saturated carbocycles. The molecule has 4 amide bonds. The molecule has 246 valence electrons. The summed E-state index contributed by atoms with van der Waals surface area (Å²) in [6, 6.07) is 13.5. The van der Waals surface area contributed by atoms with Crippen molar-refractivity contribution in [3.63, 3.8) is 0 Å². The first-order valence-electron chi connectivity index (χ1n) is 16.8. The largest absolute Gasteiger partial charge is 0.497 e. The topological polar surface area (TPSA) is 123 Å². The minimum atomic E-state index is -0.934. The van der Waals surface area contributed by atoms with Crippen molar-refractivity contribution >= 4 is 29.3 Å². The predicted octanol–water partition coefficient (Wildman–Crippen LogP) is 3.40. The van der Waals surface area contributed by atoms with E-state index in [-0.39, 0.29) is 42.1 Å². The summed E-state index contributed by atoms with van der Waals surface area (Å²) in [6.45, 7) is 4.25. The van der Waals surface area contributed by atoms with Crippen LogP contribution in [-0.4, -0.2) is 102 Å². The third-order valence-corrected chi connectivity index (χ3v) is 10.1. The molecular weight excluding hydrogens is 584 g/mol. The van der Waals surface area contributed by atoms with E-state index in [0.717, 1.165) is 63.0 Å². The van der Waals surface area contributed by atoms with Crippen LogP contribution >= 0.6 is 0 Å². The number of amides is 4. The molecule has 11 nitrogen and oxygen atoms in total. The SMILES string of the molecule is COc1ccc(C(=O)NC(CC(=O)N2CCC(N3Cc4ccccc4NC3=O)CC2)C(=O)C2CCCCN2C2CCNCC2)cc1. The van der Waals surface area contributed by atoms with Crippen molar-refractivity contribution in [2.75, 3.05) is 45.2 Å². The maximum absolute atomic E-state index is 14.3. The number of rotatable bonds is 9. The van der Waals surface area contributed by atoms with E-state index in [1.807, 2.05) is 29.2 Å². The Bertz CT molecular complexity index is 1400. The zero-order chi connectivity index (χ0) is 32.0. The van der Waals surface area contributed by atoms with Gasteiger partial charge in [-0.25, -0.2) is 4.79 Å². The van der Waals surface area contributed by atoms with Crippen molar-refractivity contribution in [3.8, 4) is 5.75 Å². The first-order chi connectivity index (χ1) is 22.4. The Morgan fingerprint density at radius 2 is 1.65 bits per heavy atom. The van der Waals surface area contributed by atoms with Gasteiger partial charge >= 0.3 is 6.03 Å². The summed E-state index contributed by atoms with van der Waals surface area (Å²) in [7, 11) is 1.57. The van der Waals surface area contributed by atoms with E-state index in [0.29, 0.717) is 49.8 Å². The van der Waals surface area contributed by atoms with Crippen molar-refractivity contribution in [3.05, 3.63) is 59.7 Å². The molecule has 2 aromatic rings. The van der Waals surface area contributed by atoms with E-state index >= 15 is 0 Å². The number of hydrogen-bond acceptors (Lipinski definition) is 7. The molecule has 0 aliphatic carbocycles. The Morgan fingerprint density at radius 3 is 2.39 bits per heavy atom. The maximum atomic E-state index is 14.3. The molecule has 4 aliphatic heterocycles. The zero-order valence-corrected chi connectivity index (χ0v) is 26.7. The maximum Gasteiger partial charge on any atom is 0.322 e. The Morgan fingerprint density at radius 1 is 0.913 bits per heavy atom. The summed E-state index contributed by atoms with van der Waals surface area (Å²) >= 11 is 0. The number of likely N-dealkylation sites (tertiary alicyclic amines) is 2. The van der Waals surface area contributed by atoms with Crippen LogP contribution in [0, 0.1) is 0 Å². The van der Waals surface area contributed by atoms with E-state index in [1.165, 1.54) is 0 Å². The van der Waals surface area contributed by atoms with Crippen molar-refractivity contribution in [2.45, 2.75) is 82.1 Å². The van der Waals surface area contributed by atoms with Gasteiger partial charge in [0.1, 0.15) is 5.75 Å². The lowest BCUT2D eigenvalue weighted by Crippen LogP contribution is -2.58. The molecule has 2 unspecified atom stereocenters. The fraction of sp³-hybridized carbons (Fsp3) is 0.543. The van der Waals surface area contributed by atoms with Crippen molar-refractivity contribution in [2.24, 2.45) is 0 Å². The lowest BCUT2D eigenvalue weighted by molar-refractivity contribution is -0.137. The highest BCUT2D eigenvalue weighted by Gasteiger charge is 2.40. The van der Waals surface area contributed by atoms with E-state index in [2.05, 4.69) is 20.9 Å². The number of nitrogens with one attached hydrogen (secondary N) is 3. The molecule has 3 saturated heterocycles. The number of nitrogens with zero attached hydrogens (tertiary/aromatic N) is 3. The molecule has 0 radical (unpaired) electrons. The van der Waals surface area contributed by atoms with Gasteiger partial charge in [-0.2, -0.15) is 0 Å². The third kappa shape index (κ3) is 7.20. The van der Waals surface area contributed by atoms with Crippen LogP contribution in [0.15, 0.2) is 48.5 Å². The second-order valence-electron chi connectivity index (χ2n) is 12.9. The zero-order valence-electron chi connectivity index (χ0n) is 26.7. The summed E-state index contributed by atoms with van der Waals surface area (Å²) in [4.78, 5) is 60.4. The van der Waals surface area contributed by atoms with Crippen LogP contribution in [0.25, 0.3) is 0 Å². The van der Waals surface area contributed by atoms with E-state index in [9.17, 15) is 19.2 Å². The summed E-state index contributed by atoms with van der Waals surface area (Å²) in [6.07, 6.45) is 5.94. The molecule has 3 N–H and O–H groups in total. The number of piperidine rings is 3. The van der Waals surface area contributed by atoms with Gasteiger partial charge in [-0.05, 0) is 94.1 Å². The van der Waals surface area contributed by atoms with Gasteiger partial charge in [-0.15, -0.1) is 0 Å². The number of ketones is 1. The fourth-order valence-corrected chi connectivity index (χ4v) is 7.52. The minimum Gasteiger partial charge on any atom is -0.497 e. The first kappa shape index (κ1) is 32.0. The number of methoxy groups -OCH3 is 1. The summed E-state index contributed by atoms with van der Waals surface area (Å²) < 4.78 is 5.23. The quantitative estimate of drug-likeness (QED) is 0.388. The van der Waals surface area contributed by atoms with Crippen molar-refractivity contribution in [1.82, 2.24) is 25.3 Å². The first-order valence-corrected chi connectivity index (χ1v) is 16.8. The summed E-state index contributed by atoms with van der Waals surface area (Å²) in [5, 5.41) is 9.36. The number of ether oxygens (including phenoxy) is 1. The molecule has 2 atom stereocenters. The molecule has 2 aromatic carbocycles. The van der Waals surface area contributed by atoms with Crippen LogP contribution in [0.3, 0.4) is 0 Å². The van der Waals surface area contributed by atoms with Gasteiger partial charge in [0.05, 0.1) is 25.6 Å². The highest BCUT2D eigenvalue weighted by atomic mass is 16.5. The van der Waals surface area contributed by atoms with Crippen LogP contribution < -0.4 is 20.7 Å². The molecule has 0 spiro atoms. The number of para-hydroxylation sites is 1. The van der Waals surface area contributed by atoms with Crippen LogP contribution in [0.4, 0.5) is 10.5 Å². The molecule has 3 fully saturated rings. The highest BCUT2D eigenvalue weighted by molar-refractivity contribution is 6.01. The number of fused-ring (bicyclic) bond motifs is 1. The van der Waals surface area contributed by atoms with E-state index in [1.54, 1.807) is 36.3 Å². The van der Waals surface area contributed by atoms with Crippen molar-refractivity contribution in [1.29, 1.82) is 0 Å². The average molecular weight is 631 g/mol. The lowest BCUT2D eigenvalue weighted by atomic mass is 9.89. The van der Waals surface area contributed by atoms with Crippen LogP contribution in [0.5, 0.6) is 5.75 Å². The summed E-state index contributed by atoms with van der Waals surface area (Å²) in [5.74, 6) is 0.0263. The molecule has 4 heterocycles. The van der Waals surface area contributed by atoms with Gasteiger partial charge in [-0.3, -0.25) is 19.3 Å². The molecule has 0 aromatic heterocycles. The molecule has 46 heavy (non-hydrogen) atoms. The number of urea groups is 1. The molecule has 0 bridgehead atoms. The van der Waals surface area contributed by atoms with Crippen LogP contribution in [-0.2, 0) is 16.1 Å². The fourth-order valence-electron chi connectivity index (χ4n) is 7.52. The second kappa shape index (κ2) is 14.6. The van der Waals surface area contributed by atoms with Gasteiger partial charge in [0.15, 0.2) is 5.78 Å². The predicted molar refractivity (Wildman–Crippen MR) is 175 cm³/mol. The van der Waals surface area contributed by atoms with Crippen molar-refractivity contribution < 1.29 is 23.9 Å². The van der Waals surface area contributed by atoms with Gasteiger partial charge < -0.3 is 30.5 Å². The van der Waals surface area contributed by atoms with Gasteiger partial charge in [0, 0.05) is 43.0 Å². The number of hydrogen-bond donors (Lipinski definition) is 3. The molecule has 4 aliphatic rings. The number of Topliss-reactive ketones (excluding diaryl/α,β-unsaturated/α-hetero) is 1. The number of carbonyl (C=O) groups is 4. The van der Waals surface area contributed by atoms with Gasteiger partial charge in [0.2, 0.25) is 5.91 Å².